The number of ether oxygens (including phenoxy) is 3. The zero-order valence-corrected chi connectivity index (χ0v) is 18.1. The van der Waals surface area contributed by atoms with Crippen LogP contribution >= 0.6 is 11.8 Å². The van der Waals surface area contributed by atoms with E-state index in [0.717, 1.165) is 10.6 Å². The lowest BCUT2D eigenvalue weighted by Crippen LogP contribution is -2.19. The summed E-state index contributed by atoms with van der Waals surface area (Å²) in [7, 11) is 3.06. The maximum atomic E-state index is 12.0. The molecule has 8 nitrogen and oxygen atoms in total. The minimum atomic E-state index is -1.09. The molecule has 2 aromatic rings. The Kier molecular flexibility index (Phi) is 9.44. The molecule has 2 rings (SSSR count). The van der Waals surface area contributed by atoms with Gasteiger partial charge in [-0.05, 0) is 48.4 Å². The first-order valence-corrected chi connectivity index (χ1v) is 10.2. The second-order valence-corrected chi connectivity index (χ2v) is 7.19. The number of nitrogens with one attached hydrogen (secondary N) is 1. The van der Waals surface area contributed by atoms with Gasteiger partial charge in [-0.1, -0.05) is 6.08 Å². The fourth-order valence-electron chi connectivity index (χ4n) is 2.55. The number of rotatable bonds is 12. The molecule has 2 aromatic carbocycles. The Bertz CT molecular complexity index is 944. The van der Waals surface area contributed by atoms with E-state index < -0.39 is 12.6 Å². The fourth-order valence-corrected chi connectivity index (χ4v) is 3.24. The lowest BCUT2D eigenvalue weighted by atomic mass is 10.1. The van der Waals surface area contributed by atoms with Crippen molar-refractivity contribution in [3.63, 3.8) is 0 Å². The van der Waals surface area contributed by atoms with Crippen LogP contribution in [0.1, 0.15) is 11.1 Å². The Morgan fingerprint density at radius 3 is 2.55 bits per heavy atom. The number of methoxy groups -OCH3 is 2. The first-order chi connectivity index (χ1) is 15.0. The topological polar surface area (TPSA) is 106 Å². The van der Waals surface area contributed by atoms with Gasteiger partial charge in [0.15, 0.2) is 18.1 Å². The molecule has 0 unspecified atom stereocenters. The normalized spacial score (nSPS) is 10.5. The van der Waals surface area contributed by atoms with E-state index in [9.17, 15) is 9.59 Å². The maximum Gasteiger partial charge on any atom is 0.341 e. The van der Waals surface area contributed by atoms with Crippen LogP contribution in [0, 0.1) is 0 Å². The zero-order chi connectivity index (χ0) is 22.6. The van der Waals surface area contributed by atoms with Crippen LogP contribution in [0.4, 0.5) is 0 Å². The summed E-state index contributed by atoms with van der Waals surface area (Å²) in [6.07, 6.45) is 3.59. The summed E-state index contributed by atoms with van der Waals surface area (Å²) in [4.78, 5) is 23.8. The van der Waals surface area contributed by atoms with Crippen molar-refractivity contribution >= 4 is 29.9 Å². The van der Waals surface area contributed by atoms with Gasteiger partial charge in [-0.25, -0.2) is 10.2 Å². The van der Waals surface area contributed by atoms with Crippen LogP contribution in [-0.2, 0) is 16.0 Å². The minimum absolute atomic E-state index is 0.205. The van der Waals surface area contributed by atoms with E-state index in [2.05, 4.69) is 17.1 Å². The number of thioether (sulfide) groups is 1. The van der Waals surface area contributed by atoms with Gasteiger partial charge in [-0.15, -0.1) is 18.3 Å². The molecule has 0 radical (unpaired) electrons. The minimum Gasteiger partial charge on any atom is -0.497 e. The molecule has 0 aliphatic heterocycles. The highest BCUT2D eigenvalue weighted by molar-refractivity contribution is 8.00. The Balaban J connectivity index is 2.01. The molecule has 0 aromatic heterocycles. The van der Waals surface area contributed by atoms with Crippen molar-refractivity contribution in [2.45, 2.75) is 11.3 Å². The quantitative estimate of drug-likeness (QED) is 0.224. The highest BCUT2D eigenvalue weighted by atomic mass is 32.2. The van der Waals surface area contributed by atoms with Gasteiger partial charge in [-0.3, -0.25) is 4.79 Å². The lowest BCUT2D eigenvalue weighted by Gasteiger charge is -2.14. The Labute approximate surface area is 184 Å². The van der Waals surface area contributed by atoms with Crippen LogP contribution < -0.4 is 19.6 Å². The number of aliphatic carboxylic acids is 1. The predicted octanol–water partition coefficient (Wildman–Crippen LogP) is 3.14. The Morgan fingerprint density at radius 1 is 1.19 bits per heavy atom. The van der Waals surface area contributed by atoms with Gasteiger partial charge in [-0.2, -0.15) is 5.10 Å². The maximum absolute atomic E-state index is 12.0. The summed E-state index contributed by atoms with van der Waals surface area (Å²) in [6.45, 7) is 3.22. The van der Waals surface area contributed by atoms with Gasteiger partial charge in [0.1, 0.15) is 5.75 Å². The molecule has 0 aliphatic rings. The summed E-state index contributed by atoms with van der Waals surface area (Å²) in [6, 6.07) is 10.8. The number of hydrogen-bond acceptors (Lipinski definition) is 7. The number of amides is 1. The molecule has 0 atom stereocenters. The predicted molar refractivity (Wildman–Crippen MR) is 119 cm³/mol. The van der Waals surface area contributed by atoms with Crippen molar-refractivity contribution in [3.8, 4) is 17.2 Å². The monoisotopic (exact) mass is 444 g/mol. The van der Waals surface area contributed by atoms with Crippen LogP contribution in [0.2, 0.25) is 0 Å². The molecule has 1 amide bonds. The molecule has 31 heavy (non-hydrogen) atoms. The van der Waals surface area contributed by atoms with Gasteiger partial charge in [0.2, 0.25) is 5.91 Å². The van der Waals surface area contributed by atoms with Crippen molar-refractivity contribution in [1.29, 1.82) is 0 Å². The molecular weight excluding hydrogens is 420 g/mol. The summed E-state index contributed by atoms with van der Waals surface area (Å²) in [5.41, 5.74) is 3.83. The second-order valence-electron chi connectivity index (χ2n) is 6.14. The standard InChI is InChI=1S/C22H24N2O6S/c1-4-5-16-10-15(11-19(29-3)22(16)30-13-21(26)27)12-23-24-20(25)14-31-18-8-6-17(28-2)7-9-18/h4,6-12H,1,5,13-14H2,2-3H3,(H,24,25)(H,26,27)/b23-12+. The molecule has 9 heteroatoms. The first kappa shape index (κ1) is 23.8. The Hall–Kier alpha value is -3.46. The van der Waals surface area contributed by atoms with Gasteiger partial charge >= 0.3 is 5.97 Å². The van der Waals surface area contributed by atoms with Gasteiger partial charge in [0, 0.05) is 10.5 Å². The lowest BCUT2D eigenvalue weighted by molar-refractivity contribution is -0.139. The van der Waals surface area contributed by atoms with Crippen molar-refractivity contribution < 1.29 is 28.9 Å². The molecule has 0 bridgehead atoms. The van der Waals surface area contributed by atoms with E-state index in [1.54, 1.807) is 25.3 Å². The SMILES string of the molecule is C=CCc1cc(/C=N/NC(=O)CSc2ccc(OC)cc2)cc(OC)c1OCC(=O)O. The number of carbonyl (C=O) groups is 2. The van der Waals surface area contributed by atoms with Crippen molar-refractivity contribution in [1.82, 2.24) is 5.43 Å². The molecule has 2 N–H and O–H groups in total. The third kappa shape index (κ3) is 7.71. The van der Waals surface area contributed by atoms with Crippen molar-refractivity contribution in [2.24, 2.45) is 5.10 Å². The third-order valence-electron chi connectivity index (χ3n) is 3.91. The third-order valence-corrected chi connectivity index (χ3v) is 4.92. The van der Waals surface area contributed by atoms with E-state index in [1.807, 2.05) is 24.3 Å². The highest BCUT2D eigenvalue weighted by Gasteiger charge is 2.13. The number of hydrogen-bond donors (Lipinski definition) is 2. The zero-order valence-electron chi connectivity index (χ0n) is 17.3. The molecule has 0 spiro atoms. The molecule has 0 fully saturated rings. The summed E-state index contributed by atoms with van der Waals surface area (Å²) < 4.78 is 15.8. The van der Waals surface area contributed by atoms with E-state index in [0.29, 0.717) is 29.0 Å². The van der Waals surface area contributed by atoms with Crippen LogP contribution in [0.3, 0.4) is 0 Å². The van der Waals surface area contributed by atoms with Gasteiger partial charge in [0.25, 0.3) is 0 Å². The molecule has 0 saturated heterocycles. The van der Waals surface area contributed by atoms with Gasteiger partial charge < -0.3 is 19.3 Å². The smallest absolute Gasteiger partial charge is 0.341 e. The average molecular weight is 445 g/mol. The van der Waals surface area contributed by atoms with E-state index in [1.165, 1.54) is 25.1 Å². The van der Waals surface area contributed by atoms with Crippen molar-refractivity contribution in [3.05, 3.63) is 60.2 Å². The number of allylic oxidation sites excluding steroid dienone is 1. The van der Waals surface area contributed by atoms with Crippen LogP contribution in [0.25, 0.3) is 0 Å². The number of benzene rings is 2. The number of carboxylic acids is 1. The van der Waals surface area contributed by atoms with E-state index in [-0.39, 0.29) is 11.7 Å². The molecular formula is C22H24N2O6S. The van der Waals surface area contributed by atoms with Crippen LogP contribution in [0.5, 0.6) is 17.2 Å². The van der Waals surface area contributed by atoms with Crippen LogP contribution in [0.15, 0.2) is 59.1 Å². The summed E-state index contributed by atoms with van der Waals surface area (Å²) >= 11 is 1.38. The Morgan fingerprint density at radius 2 is 1.94 bits per heavy atom. The average Bonchev–Trinajstić information content (AvgIpc) is 2.77. The number of nitrogens with zero attached hydrogens (tertiary/aromatic N) is 1. The number of carboxylic acid groups (broad SMARTS) is 1. The summed E-state index contributed by atoms with van der Waals surface area (Å²) in [5.74, 6) is 0.315. The van der Waals surface area contributed by atoms with E-state index >= 15 is 0 Å². The van der Waals surface area contributed by atoms with Gasteiger partial charge in [0.05, 0.1) is 26.2 Å². The number of carbonyl (C=O) groups excluding carboxylic acids is 1. The second kappa shape index (κ2) is 12.3. The molecule has 0 saturated carbocycles. The molecule has 0 heterocycles. The largest absolute Gasteiger partial charge is 0.497 e. The fraction of sp³-hybridized carbons (Fsp3) is 0.227. The van der Waals surface area contributed by atoms with Crippen LogP contribution in [-0.4, -0.2) is 49.8 Å². The molecule has 0 aliphatic carbocycles. The number of hydrazone groups is 1. The first-order valence-electron chi connectivity index (χ1n) is 9.22. The van der Waals surface area contributed by atoms with E-state index in [4.69, 9.17) is 19.3 Å². The highest BCUT2D eigenvalue weighted by Crippen LogP contribution is 2.33. The van der Waals surface area contributed by atoms with Crippen molar-refractivity contribution in [2.75, 3.05) is 26.6 Å². The summed E-state index contributed by atoms with van der Waals surface area (Å²) in [5, 5.41) is 12.9. The molecule has 164 valence electrons.